The van der Waals surface area contributed by atoms with E-state index in [-0.39, 0.29) is 11.4 Å². The van der Waals surface area contributed by atoms with E-state index in [2.05, 4.69) is 26.6 Å². The Hall–Kier alpha value is -3.00. The number of hydrogen-bond acceptors (Lipinski definition) is 7. The molecular formula is C18H15N5O2S. The highest BCUT2D eigenvalue weighted by molar-refractivity contribution is 7.98. The van der Waals surface area contributed by atoms with Crippen LogP contribution in [0.1, 0.15) is 11.1 Å². The minimum Gasteiger partial charge on any atom is -0.411 e. The summed E-state index contributed by atoms with van der Waals surface area (Å²) in [7, 11) is 0. The summed E-state index contributed by atoms with van der Waals surface area (Å²) in [4.78, 5) is 12.4. The van der Waals surface area contributed by atoms with Gasteiger partial charge in [0.25, 0.3) is 10.8 Å². The van der Waals surface area contributed by atoms with Crippen molar-refractivity contribution in [2.24, 2.45) is 0 Å². The highest BCUT2D eigenvalue weighted by Crippen LogP contribution is 2.25. The zero-order valence-corrected chi connectivity index (χ0v) is 15.0. The number of thioether (sulfide) groups is 1. The van der Waals surface area contributed by atoms with Crippen LogP contribution in [0.4, 0.5) is 0 Å². The molecule has 7 nitrogen and oxygen atoms in total. The number of rotatable bonds is 4. The predicted octanol–water partition coefficient (Wildman–Crippen LogP) is 3.21. The molecule has 0 N–H and O–H groups in total. The predicted molar refractivity (Wildman–Crippen MR) is 98.9 cm³/mol. The van der Waals surface area contributed by atoms with Gasteiger partial charge in [-0.15, -0.1) is 15.3 Å². The summed E-state index contributed by atoms with van der Waals surface area (Å²) in [6, 6.07) is 13.2. The molecule has 0 atom stereocenters. The van der Waals surface area contributed by atoms with Crippen molar-refractivity contribution in [2.75, 3.05) is 0 Å². The Morgan fingerprint density at radius 1 is 1.04 bits per heavy atom. The number of aromatic nitrogens is 5. The first-order chi connectivity index (χ1) is 12.6. The molecule has 0 aliphatic carbocycles. The molecule has 2 aromatic heterocycles. The van der Waals surface area contributed by atoms with Crippen molar-refractivity contribution >= 4 is 22.7 Å². The quantitative estimate of drug-likeness (QED) is 0.513. The van der Waals surface area contributed by atoms with Gasteiger partial charge in [-0.2, -0.15) is 4.68 Å². The molecule has 0 amide bonds. The van der Waals surface area contributed by atoms with Crippen molar-refractivity contribution < 1.29 is 4.42 Å². The standard InChI is InChI=1S/C18H15N5O2S/c1-11-7-12(2)9-13(8-11)16-20-21-18(25-16)26-10-23-17(24)14-5-3-4-6-15(14)19-22-23/h3-9H,10H2,1-2H3. The van der Waals surface area contributed by atoms with Gasteiger partial charge in [0.2, 0.25) is 5.89 Å². The lowest BCUT2D eigenvalue weighted by Gasteiger charge is -2.02. The second kappa shape index (κ2) is 6.72. The molecule has 2 heterocycles. The van der Waals surface area contributed by atoms with Crippen LogP contribution in [0.15, 0.2) is 56.9 Å². The molecule has 8 heteroatoms. The van der Waals surface area contributed by atoms with E-state index < -0.39 is 0 Å². The van der Waals surface area contributed by atoms with Crippen LogP contribution in [0.25, 0.3) is 22.4 Å². The van der Waals surface area contributed by atoms with Crippen LogP contribution in [0, 0.1) is 13.8 Å². The first kappa shape index (κ1) is 16.5. The summed E-state index contributed by atoms with van der Waals surface area (Å²) in [5, 5.41) is 17.1. The van der Waals surface area contributed by atoms with Crippen LogP contribution < -0.4 is 5.56 Å². The molecule has 0 radical (unpaired) electrons. The van der Waals surface area contributed by atoms with Crippen LogP contribution in [-0.2, 0) is 5.88 Å². The Morgan fingerprint density at radius 3 is 2.62 bits per heavy atom. The highest BCUT2D eigenvalue weighted by atomic mass is 32.2. The van der Waals surface area contributed by atoms with Gasteiger partial charge in [-0.05, 0) is 49.9 Å². The van der Waals surface area contributed by atoms with Gasteiger partial charge < -0.3 is 4.42 Å². The van der Waals surface area contributed by atoms with Gasteiger partial charge in [0, 0.05) is 5.56 Å². The zero-order chi connectivity index (χ0) is 18.1. The summed E-state index contributed by atoms with van der Waals surface area (Å²) in [5.41, 5.74) is 3.52. The third-order valence-corrected chi connectivity index (χ3v) is 4.60. The van der Waals surface area contributed by atoms with E-state index in [0.29, 0.717) is 22.0 Å². The van der Waals surface area contributed by atoms with E-state index in [1.807, 2.05) is 32.0 Å². The number of hydrogen-bond donors (Lipinski definition) is 0. The summed E-state index contributed by atoms with van der Waals surface area (Å²) < 4.78 is 6.99. The van der Waals surface area contributed by atoms with Gasteiger partial charge in [0.1, 0.15) is 11.4 Å². The summed E-state index contributed by atoms with van der Waals surface area (Å²) >= 11 is 1.24. The monoisotopic (exact) mass is 365 g/mol. The lowest BCUT2D eigenvalue weighted by molar-refractivity contribution is 0.464. The maximum atomic E-state index is 12.4. The minimum atomic E-state index is -0.197. The molecule has 26 heavy (non-hydrogen) atoms. The molecule has 0 unspecified atom stereocenters. The molecule has 4 rings (SSSR count). The van der Waals surface area contributed by atoms with Crippen molar-refractivity contribution in [3.05, 3.63) is 63.9 Å². The van der Waals surface area contributed by atoms with Crippen molar-refractivity contribution in [1.82, 2.24) is 25.2 Å². The average Bonchev–Trinajstić information content (AvgIpc) is 3.10. The van der Waals surface area contributed by atoms with Gasteiger partial charge in [0.05, 0.1) is 5.39 Å². The average molecular weight is 365 g/mol. The lowest BCUT2D eigenvalue weighted by atomic mass is 10.1. The third-order valence-electron chi connectivity index (χ3n) is 3.81. The maximum absolute atomic E-state index is 12.4. The molecule has 0 spiro atoms. The molecule has 130 valence electrons. The molecule has 4 aromatic rings. The van der Waals surface area contributed by atoms with Crippen LogP contribution in [0.3, 0.4) is 0 Å². The molecular weight excluding hydrogens is 350 g/mol. The van der Waals surface area contributed by atoms with Crippen LogP contribution in [-0.4, -0.2) is 25.2 Å². The Bertz CT molecular complexity index is 1130. The van der Waals surface area contributed by atoms with E-state index in [1.165, 1.54) is 16.4 Å². The van der Waals surface area contributed by atoms with Crippen molar-refractivity contribution in [2.45, 2.75) is 24.9 Å². The lowest BCUT2D eigenvalue weighted by Crippen LogP contribution is -2.23. The van der Waals surface area contributed by atoms with E-state index >= 15 is 0 Å². The van der Waals surface area contributed by atoms with Crippen molar-refractivity contribution in [3.63, 3.8) is 0 Å². The fourth-order valence-electron chi connectivity index (χ4n) is 2.71. The topological polar surface area (TPSA) is 86.7 Å². The van der Waals surface area contributed by atoms with E-state index in [9.17, 15) is 4.79 Å². The fraction of sp³-hybridized carbons (Fsp3) is 0.167. The highest BCUT2D eigenvalue weighted by Gasteiger charge is 2.12. The van der Waals surface area contributed by atoms with E-state index in [0.717, 1.165) is 16.7 Å². The first-order valence-electron chi connectivity index (χ1n) is 7.98. The van der Waals surface area contributed by atoms with Crippen LogP contribution in [0.2, 0.25) is 0 Å². The number of fused-ring (bicyclic) bond motifs is 1. The number of aryl methyl sites for hydroxylation is 2. The van der Waals surface area contributed by atoms with Gasteiger partial charge >= 0.3 is 0 Å². The van der Waals surface area contributed by atoms with E-state index in [1.54, 1.807) is 18.2 Å². The Kier molecular flexibility index (Phi) is 4.26. The summed E-state index contributed by atoms with van der Waals surface area (Å²) in [6.45, 7) is 4.04. The van der Waals surface area contributed by atoms with Crippen molar-refractivity contribution in [1.29, 1.82) is 0 Å². The largest absolute Gasteiger partial charge is 0.411 e. The number of nitrogens with zero attached hydrogens (tertiary/aromatic N) is 5. The van der Waals surface area contributed by atoms with Gasteiger partial charge in [-0.1, -0.05) is 34.5 Å². The second-order valence-electron chi connectivity index (χ2n) is 5.93. The van der Waals surface area contributed by atoms with Gasteiger partial charge in [-0.25, -0.2) is 0 Å². The van der Waals surface area contributed by atoms with E-state index in [4.69, 9.17) is 4.42 Å². The van der Waals surface area contributed by atoms with Crippen LogP contribution in [0.5, 0.6) is 0 Å². The molecule has 0 bridgehead atoms. The first-order valence-corrected chi connectivity index (χ1v) is 8.96. The summed E-state index contributed by atoms with van der Waals surface area (Å²) in [6.07, 6.45) is 0. The number of benzene rings is 2. The Morgan fingerprint density at radius 2 is 1.81 bits per heavy atom. The third kappa shape index (κ3) is 3.23. The smallest absolute Gasteiger partial charge is 0.278 e. The minimum absolute atomic E-state index is 0.197. The fourth-order valence-corrected chi connectivity index (χ4v) is 3.35. The Labute approximate surface area is 153 Å². The Balaban J connectivity index is 1.55. The normalized spacial score (nSPS) is 11.2. The molecule has 2 aromatic carbocycles. The van der Waals surface area contributed by atoms with Gasteiger partial charge in [0.15, 0.2) is 0 Å². The molecule has 0 saturated heterocycles. The molecule has 0 saturated carbocycles. The zero-order valence-electron chi connectivity index (χ0n) is 14.2. The summed E-state index contributed by atoms with van der Waals surface area (Å²) in [5.74, 6) is 0.696. The maximum Gasteiger partial charge on any atom is 0.278 e. The molecule has 0 fully saturated rings. The molecule has 0 aliphatic heterocycles. The molecule has 0 aliphatic rings. The SMILES string of the molecule is Cc1cc(C)cc(-c2nnc(SCn3nnc4ccccc4c3=O)o2)c1. The van der Waals surface area contributed by atoms with Crippen molar-refractivity contribution in [3.8, 4) is 11.5 Å². The second-order valence-corrected chi connectivity index (χ2v) is 6.83. The van der Waals surface area contributed by atoms with Gasteiger partial charge in [-0.3, -0.25) is 4.79 Å². The van der Waals surface area contributed by atoms with Crippen LogP contribution >= 0.6 is 11.8 Å².